The summed E-state index contributed by atoms with van der Waals surface area (Å²) in [4.78, 5) is 4.37. The normalized spacial score (nSPS) is 10.5. The van der Waals surface area contributed by atoms with Crippen molar-refractivity contribution in [2.75, 3.05) is 12.4 Å². The van der Waals surface area contributed by atoms with Crippen molar-refractivity contribution in [1.82, 2.24) is 4.98 Å². The monoisotopic (exact) mass is 328 g/mol. The van der Waals surface area contributed by atoms with Gasteiger partial charge in [0.25, 0.3) is 0 Å². The topological polar surface area (TPSA) is 34.1 Å². The first-order chi connectivity index (χ1) is 9.76. The Labute approximate surface area is 125 Å². The fourth-order valence-electron chi connectivity index (χ4n) is 2.05. The van der Waals surface area contributed by atoms with E-state index in [1.807, 2.05) is 48.5 Å². The van der Waals surface area contributed by atoms with Crippen LogP contribution in [-0.4, -0.2) is 12.1 Å². The molecule has 0 unspecified atom stereocenters. The zero-order valence-electron chi connectivity index (χ0n) is 10.9. The lowest BCUT2D eigenvalue weighted by Gasteiger charge is -2.10. The Balaban J connectivity index is 2.04. The number of halogens is 1. The molecule has 0 bridgehead atoms. The molecule has 0 fully saturated rings. The number of anilines is 2. The zero-order valence-corrected chi connectivity index (χ0v) is 12.5. The summed E-state index contributed by atoms with van der Waals surface area (Å²) in [5, 5.41) is 4.45. The van der Waals surface area contributed by atoms with Crippen molar-refractivity contribution in [3.8, 4) is 5.75 Å². The van der Waals surface area contributed by atoms with Gasteiger partial charge in [-0.3, -0.25) is 4.98 Å². The van der Waals surface area contributed by atoms with Crippen LogP contribution in [0.4, 0.5) is 11.4 Å². The van der Waals surface area contributed by atoms with Gasteiger partial charge in [-0.25, -0.2) is 0 Å². The molecule has 0 atom stereocenters. The Hall–Kier alpha value is -2.07. The van der Waals surface area contributed by atoms with Crippen molar-refractivity contribution in [1.29, 1.82) is 0 Å². The molecule has 3 rings (SSSR count). The molecule has 3 aromatic rings. The molecule has 2 aromatic carbocycles. The van der Waals surface area contributed by atoms with Crippen LogP contribution in [0.3, 0.4) is 0 Å². The Morgan fingerprint density at radius 2 is 1.85 bits per heavy atom. The SMILES string of the molecule is COc1ccc2nccc(Nc3ccc(Br)cc3)c2c1. The van der Waals surface area contributed by atoms with E-state index in [0.717, 1.165) is 32.5 Å². The maximum atomic E-state index is 5.28. The first-order valence-electron chi connectivity index (χ1n) is 6.21. The minimum Gasteiger partial charge on any atom is -0.497 e. The average Bonchev–Trinajstić information content (AvgIpc) is 2.49. The molecule has 1 aromatic heterocycles. The molecule has 0 aliphatic heterocycles. The number of nitrogens with one attached hydrogen (secondary N) is 1. The van der Waals surface area contributed by atoms with E-state index in [2.05, 4.69) is 26.2 Å². The van der Waals surface area contributed by atoms with Crippen molar-refractivity contribution in [3.05, 3.63) is 59.2 Å². The Morgan fingerprint density at radius 1 is 1.05 bits per heavy atom. The lowest BCUT2D eigenvalue weighted by molar-refractivity contribution is 0.415. The predicted molar refractivity (Wildman–Crippen MR) is 85.7 cm³/mol. The predicted octanol–water partition coefficient (Wildman–Crippen LogP) is 4.75. The van der Waals surface area contributed by atoms with E-state index in [4.69, 9.17) is 4.74 Å². The summed E-state index contributed by atoms with van der Waals surface area (Å²) in [5.74, 6) is 0.823. The highest BCUT2D eigenvalue weighted by Gasteiger charge is 2.04. The third kappa shape index (κ3) is 2.60. The van der Waals surface area contributed by atoms with Gasteiger partial charge in [0, 0.05) is 27.4 Å². The molecular weight excluding hydrogens is 316 g/mol. The van der Waals surface area contributed by atoms with Crippen LogP contribution in [0.5, 0.6) is 5.75 Å². The highest BCUT2D eigenvalue weighted by atomic mass is 79.9. The lowest BCUT2D eigenvalue weighted by atomic mass is 10.1. The van der Waals surface area contributed by atoms with Crippen LogP contribution in [0.2, 0.25) is 0 Å². The Kier molecular flexibility index (Phi) is 3.56. The molecule has 1 heterocycles. The van der Waals surface area contributed by atoms with Gasteiger partial charge in [-0.2, -0.15) is 0 Å². The van der Waals surface area contributed by atoms with Gasteiger partial charge in [0.05, 0.1) is 12.6 Å². The summed E-state index contributed by atoms with van der Waals surface area (Å²) >= 11 is 3.44. The summed E-state index contributed by atoms with van der Waals surface area (Å²) in [6.45, 7) is 0. The third-order valence-corrected chi connectivity index (χ3v) is 3.60. The van der Waals surface area contributed by atoms with Gasteiger partial charge in [0.1, 0.15) is 5.75 Å². The lowest BCUT2D eigenvalue weighted by Crippen LogP contribution is -1.93. The van der Waals surface area contributed by atoms with Crippen molar-refractivity contribution in [2.45, 2.75) is 0 Å². The van der Waals surface area contributed by atoms with Crippen LogP contribution in [0.25, 0.3) is 10.9 Å². The molecule has 0 aliphatic rings. The standard InChI is InChI=1S/C16H13BrN2O/c1-20-13-6-7-15-14(10-13)16(8-9-18-15)19-12-4-2-11(17)3-5-12/h2-10H,1H3,(H,18,19). The van der Waals surface area contributed by atoms with Crippen molar-refractivity contribution >= 4 is 38.2 Å². The molecule has 1 N–H and O–H groups in total. The highest BCUT2D eigenvalue weighted by molar-refractivity contribution is 9.10. The van der Waals surface area contributed by atoms with Gasteiger partial charge in [0.2, 0.25) is 0 Å². The molecule has 0 saturated carbocycles. The highest BCUT2D eigenvalue weighted by Crippen LogP contribution is 2.28. The van der Waals surface area contributed by atoms with Crippen LogP contribution in [0.1, 0.15) is 0 Å². The molecule has 4 heteroatoms. The summed E-state index contributed by atoms with van der Waals surface area (Å²) in [6.07, 6.45) is 1.80. The van der Waals surface area contributed by atoms with Crippen molar-refractivity contribution < 1.29 is 4.74 Å². The summed E-state index contributed by atoms with van der Waals surface area (Å²) < 4.78 is 6.34. The van der Waals surface area contributed by atoms with Crippen LogP contribution in [0, 0.1) is 0 Å². The van der Waals surface area contributed by atoms with E-state index in [9.17, 15) is 0 Å². The molecule has 20 heavy (non-hydrogen) atoms. The maximum absolute atomic E-state index is 5.28. The number of ether oxygens (including phenoxy) is 1. The first-order valence-corrected chi connectivity index (χ1v) is 7.01. The van der Waals surface area contributed by atoms with E-state index in [1.54, 1.807) is 13.3 Å². The number of hydrogen-bond donors (Lipinski definition) is 1. The minimum absolute atomic E-state index is 0.823. The molecule has 0 amide bonds. The fraction of sp³-hybridized carbons (Fsp3) is 0.0625. The Bertz CT molecular complexity index is 741. The second-order valence-corrected chi connectivity index (χ2v) is 5.29. The molecule has 0 saturated heterocycles. The van der Waals surface area contributed by atoms with Gasteiger partial charge in [-0.1, -0.05) is 15.9 Å². The van der Waals surface area contributed by atoms with Gasteiger partial charge in [-0.15, -0.1) is 0 Å². The smallest absolute Gasteiger partial charge is 0.119 e. The summed E-state index contributed by atoms with van der Waals surface area (Å²) in [7, 11) is 1.67. The third-order valence-electron chi connectivity index (χ3n) is 3.07. The summed E-state index contributed by atoms with van der Waals surface area (Å²) in [6, 6.07) is 15.9. The van der Waals surface area contributed by atoms with Crippen LogP contribution >= 0.6 is 15.9 Å². The molecule has 0 spiro atoms. The van der Waals surface area contributed by atoms with E-state index in [0.29, 0.717) is 0 Å². The largest absolute Gasteiger partial charge is 0.497 e. The number of pyridine rings is 1. The van der Waals surface area contributed by atoms with Crippen LogP contribution in [0.15, 0.2) is 59.2 Å². The van der Waals surface area contributed by atoms with Gasteiger partial charge in [0.15, 0.2) is 0 Å². The number of methoxy groups -OCH3 is 1. The van der Waals surface area contributed by atoms with Crippen LogP contribution < -0.4 is 10.1 Å². The number of hydrogen-bond acceptors (Lipinski definition) is 3. The molecule has 3 nitrogen and oxygen atoms in total. The zero-order chi connectivity index (χ0) is 13.9. The van der Waals surface area contributed by atoms with Crippen molar-refractivity contribution in [2.24, 2.45) is 0 Å². The second-order valence-electron chi connectivity index (χ2n) is 4.37. The minimum atomic E-state index is 0.823. The molecule has 0 radical (unpaired) electrons. The molecule has 100 valence electrons. The Morgan fingerprint density at radius 3 is 2.60 bits per heavy atom. The average molecular weight is 329 g/mol. The van der Waals surface area contributed by atoms with E-state index >= 15 is 0 Å². The summed E-state index contributed by atoms with van der Waals surface area (Å²) in [5.41, 5.74) is 2.98. The number of fused-ring (bicyclic) bond motifs is 1. The fourth-order valence-corrected chi connectivity index (χ4v) is 2.31. The first kappa shape index (κ1) is 12.9. The second kappa shape index (κ2) is 5.51. The van der Waals surface area contributed by atoms with E-state index in [1.165, 1.54) is 0 Å². The van der Waals surface area contributed by atoms with Gasteiger partial charge < -0.3 is 10.1 Å². The van der Waals surface area contributed by atoms with Gasteiger partial charge in [-0.05, 0) is 48.5 Å². The van der Waals surface area contributed by atoms with E-state index < -0.39 is 0 Å². The molecule has 0 aliphatic carbocycles. The molecular formula is C16H13BrN2O. The van der Waals surface area contributed by atoms with E-state index in [-0.39, 0.29) is 0 Å². The number of benzene rings is 2. The van der Waals surface area contributed by atoms with Crippen LogP contribution in [-0.2, 0) is 0 Å². The number of rotatable bonds is 3. The quantitative estimate of drug-likeness (QED) is 0.753. The van der Waals surface area contributed by atoms with Crippen molar-refractivity contribution in [3.63, 3.8) is 0 Å². The number of nitrogens with zero attached hydrogens (tertiary/aromatic N) is 1. The van der Waals surface area contributed by atoms with Gasteiger partial charge >= 0.3 is 0 Å². The number of aromatic nitrogens is 1. The maximum Gasteiger partial charge on any atom is 0.119 e.